The van der Waals surface area contributed by atoms with Crippen LogP contribution in [0.5, 0.6) is 0 Å². The molecule has 0 N–H and O–H groups in total. The van der Waals surface area contributed by atoms with Crippen molar-refractivity contribution in [1.29, 1.82) is 0 Å². The molecule has 0 fully saturated rings. The Morgan fingerprint density at radius 1 is 0.500 bits per heavy atom. The second-order valence-electron chi connectivity index (χ2n) is 9.39. The zero-order valence-electron chi connectivity index (χ0n) is 24.3. The van der Waals surface area contributed by atoms with Gasteiger partial charge in [-0.2, -0.15) is 110 Å². The van der Waals surface area contributed by atoms with Crippen LogP contribution in [0.1, 0.15) is 13.8 Å². The Balaban J connectivity index is 0. The van der Waals surface area contributed by atoms with Crippen LogP contribution in [0.4, 0.5) is 114 Å². The van der Waals surface area contributed by atoms with E-state index < -0.39 is 108 Å². The highest BCUT2D eigenvalue weighted by molar-refractivity contribution is 5.90. The zero-order valence-corrected chi connectivity index (χ0v) is 24.3. The third-order valence-electron chi connectivity index (χ3n) is 5.57. The van der Waals surface area contributed by atoms with Gasteiger partial charge in [0.25, 0.3) is 0 Å². The van der Waals surface area contributed by atoms with Gasteiger partial charge in [-0.05, 0) is 13.8 Å². The summed E-state index contributed by atoms with van der Waals surface area (Å²) in [6.45, 7) is 2.63. The highest BCUT2D eigenvalue weighted by atomic mass is 19.4. The van der Waals surface area contributed by atoms with Crippen molar-refractivity contribution in [2.45, 2.75) is 85.4 Å². The fourth-order valence-electron chi connectivity index (χ4n) is 2.45. The molecule has 0 radical (unpaired) electrons. The molecule has 4 nitrogen and oxygen atoms in total. The molecule has 0 aliphatic carbocycles. The summed E-state index contributed by atoms with van der Waals surface area (Å²) in [5.74, 6) is -88.0. The molecule has 0 saturated carbocycles. The van der Waals surface area contributed by atoms with E-state index in [1.54, 1.807) is 6.58 Å². The number of alkyl halides is 26. The third-order valence-corrected chi connectivity index (χ3v) is 5.57. The van der Waals surface area contributed by atoms with Crippen LogP contribution in [-0.4, -0.2) is 96.7 Å². The fraction of sp³-hybridized carbons (Fsp3) is 0.727. The highest BCUT2D eigenvalue weighted by Gasteiger charge is 2.98. The molecular weight excluding hydrogens is 822 g/mol. The number of carbonyl (C=O) groups is 2. The maximum atomic E-state index is 13.7. The number of ether oxygens (including phenoxy) is 2. The van der Waals surface area contributed by atoms with Crippen LogP contribution in [0.15, 0.2) is 24.3 Å². The number of esters is 2. The Labute approximate surface area is 269 Å². The molecule has 0 atom stereocenters. The van der Waals surface area contributed by atoms with E-state index in [1.807, 2.05) is 0 Å². The molecule has 52 heavy (non-hydrogen) atoms. The molecule has 0 saturated heterocycles. The first kappa shape index (κ1) is 50.7. The van der Waals surface area contributed by atoms with Crippen molar-refractivity contribution >= 4 is 11.9 Å². The lowest BCUT2D eigenvalue weighted by atomic mass is 9.85. The summed E-state index contributed by atoms with van der Waals surface area (Å²) in [5.41, 5.74) is -3.75. The molecule has 0 rings (SSSR count). The van der Waals surface area contributed by atoms with E-state index in [9.17, 15) is 124 Å². The van der Waals surface area contributed by atoms with Gasteiger partial charge in [-0.1, -0.05) is 13.2 Å². The first-order chi connectivity index (χ1) is 22.3. The summed E-state index contributed by atoms with van der Waals surface area (Å²) in [7, 11) is 0. The van der Waals surface area contributed by atoms with Crippen molar-refractivity contribution in [3.05, 3.63) is 24.3 Å². The molecule has 0 aromatic heterocycles. The lowest BCUT2D eigenvalue weighted by Crippen LogP contribution is -2.77. The summed E-state index contributed by atoms with van der Waals surface area (Å²) < 4.78 is 345. The molecule has 0 aromatic carbocycles. The zero-order chi connectivity index (χ0) is 43.1. The molecule has 0 aliphatic rings. The van der Waals surface area contributed by atoms with E-state index in [0.717, 1.165) is 6.92 Å². The van der Waals surface area contributed by atoms with Gasteiger partial charge >= 0.3 is 83.4 Å². The molecular formula is C22H14F26O4. The minimum atomic E-state index is -9.26. The van der Waals surface area contributed by atoms with Crippen molar-refractivity contribution in [1.82, 2.24) is 0 Å². The second kappa shape index (κ2) is 14.4. The number of halogens is 26. The Hall–Kier alpha value is -3.40. The molecule has 0 heterocycles. The Bertz CT molecular complexity index is 1330. The summed E-state index contributed by atoms with van der Waals surface area (Å²) in [5, 5.41) is 0. The van der Waals surface area contributed by atoms with Crippen molar-refractivity contribution in [3.8, 4) is 0 Å². The standard InChI is InChI=1S/C15H7F21O2.C7H7F5O2/c1-3-38-5(37)4(2)6(16,17)7(18,19)8(20,21)9(22,23)10(24,25)11(26,27)12(28,29)13(30,31)14(32,33)15(34,35)36;1-4(2)5(13)14-7(11,12)6(9,10)3-8/h2-3H2,1H3;1,3H2,2H3. The van der Waals surface area contributed by atoms with E-state index in [1.165, 1.54) is 0 Å². The first-order valence-electron chi connectivity index (χ1n) is 11.8. The molecule has 0 amide bonds. The van der Waals surface area contributed by atoms with Gasteiger partial charge in [-0.25, -0.2) is 14.0 Å². The van der Waals surface area contributed by atoms with E-state index in [2.05, 4.69) is 16.1 Å². The molecule has 0 aromatic rings. The average molecular weight is 836 g/mol. The summed E-state index contributed by atoms with van der Waals surface area (Å²) >= 11 is 0. The molecule has 0 unspecified atom stereocenters. The van der Waals surface area contributed by atoms with Gasteiger partial charge in [0.15, 0.2) is 6.67 Å². The monoisotopic (exact) mass is 836 g/mol. The smallest absolute Gasteiger partial charge is 0.462 e. The first-order valence-corrected chi connectivity index (χ1v) is 11.8. The molecule has 30 heteroatoms. The van der Waals surface area contributed by atoms with Crippen LogP contribution in [0.25, 0.3) is 0 Å². The Morgan fingerprint density at radius 3 is 1.04 bits per heavy atom. The summed E-state index contributed by atoms with van der Waals surface area (Å²) in [6.07, 6.45) is -13.2. The van der Waals surface area contributed by atoms with E-state index in [-0.39, 0.29) is 0 Å². The van der Waals surface area contributed by atoms with Gasteiger partial charge in [0.05, 0.1) is 6.61 Å². The van der Waals surface area contributed by atoms with Crippen LogP contribution in [0.2, 0.25) is 0 Å². The van der Waals surface area contributed by atoms with E-state index in [0.29, 0.717) is 6.92 Å². The predicted octanol–water partition coefficient (Wildman–Crippen LogP) is 9.69. The lowest BCUT2D eigenvalue weighted by Gasteiger charge is -2.44. The highest BCUT2D eigenvalue weighted by Crippen LogP contribution is 2.66. The summed E-state index contributed by atoms with van der Waals surface area (Å²) in [6, 6.07) is 0. The van der Waals surface area contributed by atoms with Crippen LogP contribution < -0.4 is 0 Å². The van der Waals surface area contributed by atoms with Crippen LogP contribution in [-0.2, 0) is 19.1 Å². The number of rotatable bonds is 15. The van der Waals surface area contributed by atoms with Gasteiger partial charge in [0.1, 0.15) is 5.57 Å². The largest absolute Gasteiger partial charge is 0.469 e. The molecule has 0 aliphatic heterocycles. The van der Waals surface area contributed by atoms with Gasteiger partial charge in [-0.15, -0.1) is 0 Å². The van der Waals surface area contributed by atoms with Crippen molar-refractivity contribution in [2.75, 3.05) is 13.3 Å². The maximum Gasteiger partial charge on any atom is 0.469 e. The summed E-state index contributed by atoms with van der Waals surface area (Å²) in [4.78, 5) is 21.5. The SMILES string of the molecule is C=C(C(=O)OCC)C(F)(F)C(F)(F)C(F)(F)C(F)(F)C(F)(F)C(F)(F)C(F)(F)C(F)(F)C(F)(F)C(F)(F)F.C=C(C)C(=O)OC(F)(F)C(F)(F)CF. The number of hydrogen-bond donors (Lipinski definition) is 0. The number of hydrogen-bond acceptors (Lipinski definition) is 4. The average Bonchev–Trinajstić information content (AvgIpc) is 2.95. The molecule has 0 spiro atoms. The minimum absolute atomic E-state index is 0.487. The lowest BCUT2D eigenvalue weighted by molar-refractivity contribution is -0.473. The van der Waals surface area contributed by atoms with Crippen molar-refractivity contribution in [2.24, 2.45) is 0 Å². The predicted molar refractivity (Wildman–Crippen MR) is 113 cm³/mol. The maximum absolute atomic E-state index is 13.7. The van der Waals surface area contributed by atoms with Gasteiger partial charge < -0.3 is 9.47 Å². The van der Waals surface area contributed by atoms with Crippen molar-refractivity contribution in [3.63, 3.8) is 0 Å². The van der Waals surface area contributed by atoms with Crippen molar-refractivity contribution < 1.29 is 133 Å². The fourth-order valence-corrected chi connectivity index (χ4v) is 2.45. The van der Waals surface area contributed by atoms with Crippen LogP contribution in [0, 0.1) is 0 Å². The van der Waals surface area contributed by atoms with Crippen LogP contribution >= 0.6 is 0 Å². The van der Waals surface area contributed by atoms with Crippen LogP contribution in [0.3, 0.4) is 0 Å². The quantitative estimate of drug-likeness (QED) is 0.0938. The Kier molecular flexibility index (Phi) is 14.1. The van der Waals surface area contributed by atoms with Gasteiger partial charge in [-0.3, -0.25) is 0 Å². The molecule has 308 valence electrons. The van der Waals surface area contributed by atoms with Gasteiger partial charge in [0.2, 0.25) is 0 Å². The second-order valence-corrected chi connectivity index (χ2v) is 9.39. The topological polar surface area (TPSA) is 52.6 Å². The third kappa shape index (κ3) is 7.78. The van der Waals surface area contributed by atoms with Gasteiger partial charge in [0, 0.05) is 5.57 Å². The normalized spacial score (nSPS) is 15.0. The van der Waals surface area contributed by atoms with E-state index >= 15 is 0 Å². The van der Waals surface area contributed by atoms with E-state index in [4.69, 9.17) is 0 Å². The Morgan fingerprint density at radius 2 is 0.788 bits per heavy atom. The number of carbonyl (C=O) groups excluding carboxylic acids is 2. The molecule has 0 bridgehead atoms. The minimum Gasteiger partial charge on any atom is -0.462 e.